The molecule has 0 amide bonds. The molecule has 1 heterocycles. The van der Waals surface area contributed by atoms with Crippen molar-refractivity contribution in [1.82, 2.24) is 0 Å². The summed E-state index contributed by atoms with van der Waals surface area (Å²) in [5.74, 6) is -4.95. The molecule has 9 nitrogen and oxygen atoms in total. The van der Waals surface area contributed by atoms with Crippen LogP contribution >= 0.6 is 11.6 Å². The van der Waals surface area contributed by atoms with Gasteiger partial charge in [-0.05, 0) is 19.3 Å². The van der Waals surface area contributed by atoms with Crippen molar-refractivity contribution in [3.63, 3.8) is 0 Å². The smallest absolute Gasteiger partial charge is 0.339 e. The Kier molecular flexibility index (Phi) is 6.27. The molecule has 31 heavy (non-hydrogen) atoms. The van der Waals surface area contributed by atoms with Crippen molar-refractivity contribution in [2.75, 3.05) is 12.5 Å². The highest BCUT2D eigenvalue weighted by molar-refractivity contribution is 6.20. The summed E-state index contributed by atoms with van der Waals surface area (Å²) in [7, 11) is 0. The van der Waals surface area contributed by atoms with Crippen LogP contribution in [0.4, 0.5) is 0 Å². The fourth-order valence-corrected chi connectivity index (χ4v) is 5.06. The van der Waals surface area contributed by atoms with E-state index < -0.39 is 77.7 Å². The molecule has 3 N–H and O–H groups in total. The van der Waals surface area contributed by atoms with E-state index in [0.29, 0.717) is 5.57 Å². The molecule has 8 atom stereocenters. The lowest BCUT2D eigenvalue weighted by atomic mass is 9.76. The minimum atomic E-state index is -1.95. The number of carbonyl (C=O) groups is 3. The second-order valence-corrected chi connectivity index (χ2v) is 9.02. The molecule has 0 unspecified atom stereocenters. The van der Waals surface area contributed by atoms with Gasteiger partial charge in [-0.15, -0.1) is 11.6 Å². The molecule has 1 saturated heterocycles. The van der Waals surface area contributed by atoms with E-state index in [9.17, 15) is 29.7 Å². The topological polar surface area (TPSA) is 140 Å². The molecule has 0 radical (unpaired) electrons. The standard InChI is InChI=1S/C21H27ClO9/c1-9-5-13(30-19(26)20(4,27)7-22)15-10(2)18(25)31-17(15)16-12(9)6-14(29-11(3)24)21(16,28)8-23/h12-17,23,27-28H,1-2,5-8H2,3-4H3/t12-,13+,14+,15-,16-,17+,20-,21-/m0/s1. The van der Waals surface area contributed by atoms with Gasteiger partial charge in [-0.25, -0.2) is 9.59 Å². The summed E-state index contributed by atoms with van der Waals surface area (Å²) in [6, 6.07) is 0. The summed E-state index contributed by atoms with van der Waals surface area (Å²) in [5, 5.41) is 31.6. The van der Waals surface area contributed by atoms with Gasteiger partial charge < -0.3 is 29.5 Å². The number of aliphatic hydroxyl groups excluding tert-OH is 1. The van der Waals surface area contributed by atoms with Gasteiger partial charge >= 0.3 is 17.9 Å². The second kappa shape index (κ2) is 8.20. The zero-order valence-electron chi connectivity index (χ0n) is 17.4. The quantitative estimate of drug-likeness (QED) is 0.174. The molecule has 0 spiro atoms. The van der Waals surface area contributed by atoms with E-state index in [0.717, 1.165) is 0 Å². The summed E-state index contributed by atoms with van der Waals surface area (Å²) in [6.07, 6.45) is -2.77. The number of esters is 3. The largest absolute Gasteiger partial charge is 0.459 e. The predicted octanol–water partition coefficient (Wildman–Crippen LogP) is 0.237. The number of hydrogen-bond donors (Lipinski definition) is 3. The van der Waals surface area contributed by atoms with Crippen molar-refractivity contribution >= 4 is 29.5 Å². The van der Waals surface area contributed by atoms with Gasteiger partial charge in [0.05, 0.1) is 18.4 Å². The summed E-state index contributed by atoms with van der Waals surface area (Å²) >= 11 is 5.65. The Bertz CT molecular complexity index is 822. The molecule has 1 aliphatic heterocycles. The number of halogens is 1. The lowest BCUT2D eigenvalue weighted by Crippen LogP contribution is -2.54. The highest BCUT2D eigenvalue weighted by atomic mass is 35.5. The fourth-order valence-electron chi connectivity index (χ4n) is 4.95. The Morgan fingerprint density at radius 1 is 1.35 bits per heavy atom. The van der Waals surface area contributed by atoms with Crippen LogP contribution in [0.15, 0.2) is 24.3 Å². The molecule has 0 aromatic heterocycles. The third kappa shape index (κ3) is 3.88. The van der Waals surface area contributed by atoms with E-state index in [-0.39, 0.29) is 18.4 Å². The van der Waals surface area contributed by atoms with Gasteiger partial charge in [-0.1, -0.05) is 18.7 Å². The second-order valence-electron chi connectivity index (χ2n) is 8.75. The van der Waals surface area contributed by atoms with E-state index in [2.05, 4.69) is 13.2 Å². The van der Waals surface area contributed by atoms with Crippen LogP contribution in [-0.2, 0) is 28.6 Å². The molecular formula is C21H27ClO9. The summed E-state index contributed by atoms with van der Waals surface area (Å²) < 4.78 is 16.3. The van der Waals surface area contributed by atoms with Crippen molar-refractivity contribution in [2.24, 2.45) is 17.8 Å². The molecule has 2 aliphatic carbocycles. The van der Waals surface area contributed by atoms with Crippen molar-refractivity contribution in [3.8, 4) is 0 Å². The van der Waals surface area contributed by atoms with E-state index in [1.165, 1.54) is 13.8 Å². The van der Waals surface area contributed by atoms with Crippen LogP contribution in [0.2, 0.25) is 0 Å². The van der Waals surface area contributed by atoms with Crippen molar-refractivity contribution in [2.45, 2.75) is 56.2 Å². The molecule has 0 bridgehead atoms. The molecule has 10 heteroatoms. The molecule has 0 aromatic rings. The number of alkyl halides is 1. The maximum atomic E-state index is 12.5. The Hall–Kier alpha value is -1.94. The van der Waals surface area contributed by atoms with Gasteiger partial charge in [-0.2, -0.15) is 0 Å². The number of hydrogen-bond acceptors (Lipinski definition) is 9. The average molecular weight is 459 g/mol. The number of carbonyl (C=O) groups excluding carboxylic acids is 3. The first-order valence-corrected chi connectivity index (χ1v) is 10.5. The molecule has 3 rings (SSSR count). The molecule has 2 saturated carbocycles. The maximum Gasteiger partial charge on any atom is 0.339 e. The first-order chi connectivity index (χ1) is 14.4. The van der Waals surface area contributed by atoms with Crippen LogP contribution in [0.3, 0.4) is 0 Å². The predicted molar refractivity (Wildman–Crippen MR) is 107 cm³/mol. The van der Waals surface area contributed by atoms with Gasteiger partial charge in [0.2, 0.25) is 0 Å². The van der Waals surface area contributed by atoms with Gasteiger partial charge in [0.15, 0.2) is 5.60 Å². The van der Waals surface area contributed by atoms with E-state index in [1.54, 1.807) is 0 Å². The van der Waals surface area contributed by atoms with Gasteiger partial charge in [0, 0.05) is 24.8 Å². The van der Waals surface area contributed by atoms with Crippen LogP contribution in [0.1, 0.15) is 26.7 Å². The summed E-state index contributed by atoms with van der Waals surface area (Å²) in [5.41, 5.74) is -3.25. The Morgan fingerprint density at radius 3 is 2.55 bits per heavy atom. The zero-order chi connectivity index (χ0) is 23.3. The zero-order valence-corrected chi connectivity index (χ0v) is 18.1. The molecule has 0 aromatic carbocycles. The van der Waals surface area contributed by atoms with Crippen molar-refractivity contribution < 1.29 is 43.9 Å². The fraction of sp³-hybridized carbons (Fsp3) is 0.667. The van der Waals surface area contributed by atoms with Crippen LogP contribution in [-0.4, -0.2) is 75.2 Å². The highest BCUT2D eigenvalue weighted by Gasteiger charge is 2.65. The highest BCUT2D eigenvalue weighted by Crippen LogP contribution is 2.55. The first kappa shape index (κ1) is 23.7. The lowest BCUT2D eigenvalue weighted by molar-refractivity contribution is -0.184. The number of fused-ring (bicyclic) bond motifs is 3. The van der Waals surface area contributed by atoms with Crippen LogP contribution < -0.4 is 0 Å². The van der Waals surface area contributed by atoms with Crippen molar-refractivity contribution in [3.05, 3.63) is 24.3 Å². The van der Waals surface area contributed by atoms with Crippen LogP contribution in [0.5, 0.6) is 0 Å². The third-order valence-electron chi connectivity index (χ3n) is 6.56. The van der Waals surface area contributed by atoms with E-state index in [1.807, 2.05) is 0 Å². The van der Waals surface area contributed by atoms with E-state index >= 15 is 0 Å². The van der Waals surface area contributed by atoms with Crippen molar-refractivity contribution in [1.29, 1.82) is 0 Å². The molecule has 3 fully saturated rings. The Morgan fingerprint density at radius 2 is 2.00 bits per heavy atom. The molecule has 172 valence electrons. The third-order valence-corrected chi connectivity index (χ3v) is 7.08. The van der Waals surface area contributed by atoms with Gasteiger partial charge in [-0.3, -0.25) is 4.79 Å². The molecule has 3 aliphatic rings. The lowest BCUT2D eigenvalue weighted by Gasteiger charge is -2.38. The average Bonchev–Trinajstić information content (AvgIpc) is 3.10. The summed E-state index contributed by atoms with van der Waals surface area (Å²) in [6.45, 7) is 9.48. The first-order valence-electron chi connectivity index (χ1n) is 9.94. The van der Waals surface area contributed by atoms with Gasteiger partial charge in [0.1, 0.15) is 23.9 Å². The van der Waals surface area contributed by atoms with Gasteiger partial charge in [0.25, 0.3) is 0 Å². The SMILES string of the molecule is C=C1C(=O)O[C@@H]2[C@@H]1[C@H](OC(=O)[C@@](C)(O)CCl)CC(=C)[C@@H]1C[C@@H](OC(C)=O)[C@@](O)(CO)[C@H]21. The maximum absolute atomic E-state index is 12.5. The Balaban J connectivity index is 2.02. The minimum absolute atomic E-state index is 0.0398. The normalized spacial score (nSPS) is 39.1. The van der Waals surface area contributed by atoms with Crippen LogP contribution in [0, 0.1) is 17.8 Å². The van der Waals surface area contributed by atoms with Crippen LogP contribution in [0.25, 0.3) is 0 Å². The number of rotatable bonds is 5. The van der Waals surface area contributed by atoms with E-state index in [4.69, 9.17) is 25.8 Å². The number of aliphatic hydroxyl groups is 3. The molecular weight excluding hydrogens is 432 g/mol. The monoisotopic (exact) mass is 458 g/mol. The summed E-state index contributed by atoms with van der Waals surface area (Å²) in [4.78, 5) is 36.4. The minimum Gasteiger partial charge on any atom is -0.459 e. The number of ether oxygens (including phenoxy) is 3. The Labute approximate surface area is 184 Å².